The van der Waals surface area contributed by atoms with Crippen LogP contribution in [0.4, 0.5) is 5.69 Å². The fourth-order valence-electron chi connectivity index (χ4n) is 3.73. The SMILES string of the molecule is O=[N+]([O-])c1cccc(C=NC23CN4CN(CN(C4)C2)C3)c1. The van der Waals surface area contributed by atoms with E-state index in [0.717, 1.165) is 45.2 Å². The second kappa shape index (κ2) is 4.59. The van der Waals surface area contributed by atoms with Crippen molar-refractivity contribution < 1.29 is 4.92 Å². The van der Waals surface area contributed by atoms with Crippen LogP contribution in [0.25, 0.3) is 0 Å². The molecule has 4 bridgehead atoms. The highest BCUT2D eigenvalue weighted by molar-refractivity contribution is 5.81. The normalized spacial score (nSPS) is 37.2. The molecule has 4 aliphatic heterocycles. The zero-order valence-electron chi connectivity index (χ0n) is 11.7. The van der Waals surface area contributed by atoms with Crippen LogP contribution >= 0.6 is 0 Å². The molecule has 110 valence electrons. The van der Waals surface area contributed by atoms with E-state index in [2.05, 4.69) is 14.7 Å². The Morgan fingerprint density at radius 1 is 1.14 bits per heavy atom. The minimum atomic E-state index is -0.370. The van der Waals surface area contributed by atoms with E-state index < -0.39 is 0 Å². The third-order valence-electron chi connectivity index (χ3n) is 4.32. The molecule has 4 aliphatic rings. The Labute approximate surface area is 122 Å². The maximum atomic E-state index is 10.8. The summed E-state index contributed by atoms with van der Waals surface area (Å²) in [6, 6.07) is 6.64. The molecule has 0 spiro atoms. The van der Waals surface area contributed by atoms with E-state index >= 15 is 0 Å². The summed E-state index contributed by atoms with van der Waals surface area (Å²) in [4.78, 5) is 22.5. The Bertz CT molecular complexity index is 580. The molecule has 0 aliphatic carbocycles. The smallest absolute Gasteiger partial charge is 0.270 e. The van der Waals surface area contributed by atoms with Gasteiger partial charge in [0.25, 0.3) is 5.69 Å². The first-order chi connectivity index (χ1) is 10.1. The molecule has 0 atom stereocenters. The molecule has 7 heteroatoms. The Kier molecular flexibility index (Phi) is 2.81. The maximum Gasteiger partial charge on any atom is 0.270 e. The molecule has 7 nitrogen and oxygen atoms in total. The van der Waals surface area contributed by atoms with Crippen molar-refractivity contribution >= 4 is 11.9 Å². The van der Waals surface area contributed by atoms with Gasteiger partial charge in [-0.05, 0) is 5.56 Å². The van der Waals surface area contributed by atoms with Gasteiger partial charge < -0.3 is 0 Å². The van der Waals surface area contributed by atoms with Crippen LogP contribution in [0, 0.1) is 10.1 Å². The van der Waals surface area contributed by atoms with E-state index in [9.17, 15) is 10.1 Å². The van der Waals surface area contributed by atoms with Gasteiger partial charge in [-0.1, -0.05) is 12.1 Å². The van der Waals surface area contributed by atoms with Crippen LogP contribution in [0.15, 0.2) is 29.3 Å². The van der Waals surface area contributed by atoms with Gasteiger partial charge in [-0.15, -0.1) is 0 Å². The third kappa shape index (κ3) is 2.33. The highest BCUT2D eigenvalue weighted by Gasteiger charge is 2.48. The van der Waals surface area contributed by atoms with E-state index in [4.69, 9.17) is 4.99 Å². The molecule has 4 fully saturated rings. The number of benzene rings is 1. The lowest BCUT2D eigenvalue weighted by Gasteiger charge is -2.59. The molecule has 0 unspecified atom stereocenters. The number of aliphatic imine (C=N–C) groups is 1. The van der Waals surface area contributed by atoms with Crippen LogP contribution in [0.2, 0.25) is 0 Å². The summed E-state index contributed by atoms with van der Waals surface area (Å²) in [6.45, 7) is 6.03. The lowest BCUT2D eigenvalue weighted by Crippen LogP contribution is -2.75. The fourth-order valence-corrected chi connectivity index (χ4v) is 3.73. The van der Waals surface area contributed by atoms with Crippen molar-refractivity contribution in [1.82, 2.24) is 14.7 Å². The molecule has 0 saturated carbocycles. The number of hydrogen-bond donors (Lipinski definition) is 0. The Morgan fingerprint density at radius 3 is 2.33 bits per heavy atom. The standard InChI is InChI=1S/C14H17N5O2/c20-19(21)13-3-1-2-12(4-13)5-15-14-6-16-9-17(7-14)11-18(8-14)10-16/h1-5H,6-11H2. The van der Waals surface area contributed by atoms with E-state index in [0.29, 0.717) is 0 Å². The molecule has 0 radical (unpaired) electrons. The Hall–Kier alpha value is -1.83. The van der Waals surface area contributed by atoms with Crippen molar-refractivity contribution in [2.75, 3.05) is 39.6 Å². The van der Waals surface area contributed by atoms with Gasteiger partial charge in [-0.2, -0.15) is 0 Å². The summed E-state index contributed by atoms with van der Waals surface area (Å²) >= 11 is 0. The fraction of sp³-hybridized carbons (Fsp3) is 0.500. The minimum absolute atomic E-state index is 0.0840. The number of nitro groups is 1. The maximum absolute atomic E-state index is 10.8. The molecule has 21 heavy (non-hydrogen) atoms. The zero-order valence-corrected chi connectivity index (χ0v) is 11.7. The summed E-state index contributed by atoms with van der Waals surface area (Å²) < 4.78 is 0. The Balaban J connectivity index is 1.58. The van der Waals surface area contributed by atoms with Gasteiger partial charge >= 0.3 is 0 Å². The van der Waals surface area contributed by atoms with Crippen molar-refractivity contribution in [2.45, 2.75) is 5.54 Å². The van der Waals surface area contributed by atoms with Crippen LogP contribution < -0.4 is 0 Å². The van der Waals surface area contributed by atoms with Gasteiger partial charge in [0.2, 0.25) is 0 Å². The van der Waals surface area contributed by atoms with Gasteiger partial charge in [0.15, 0.2) is 0 Å². The molecule has 4 saturated heterocycles. The third-order valence-corrected chi connectivity index (χ3v) is 4.32. The number of non-ortho nitro benzene ring substituents is 1. The summed E-state index contributed by atoms with van der Waals surface area (Å²) in [5, 5.41) is 10.8. The number of nitrogens with zero attached hydrogens (tertiary/aromatic N) is 5. The van der Waals surface area contributed by atoms with Gasteiger partial charge in [-0.3, -0.25) is 29.8 Å². The van der Waals surface area contributed by atoms with Gasteiger partial charge in [0.1, 0.15) is 0 Å². The zero-order chi connectivity index (χ0) is 14.4. The quantitative estimate of drug-likeness (QED) is 0.462. The van der Waals surface area contributed by atoms with Crippen molar-refractivity contribution in [2.24, 2.45) is 4.99 Å². The summed E-state index contributed by atoms with van der Waals surface area (Å²) in [6.07, 6.45) is 1.80. The van der Waals surface area contributed by atoms with Crippen LogP contribution in [0.1, 0.15) is 5.56 Å². The average molecular weight is 287 g/mol. The van der Waals surface area contributed by atoms with Gasteiger partial charge in [-0.25, -0.2) is 0 Å². The van der Waals surface area contributed by atoms with Crippen molar-refractivity contribution in [1.29, 1.82) is 0 Å². The van der Waals surface area contributed by atoms with Crippen molar-refractivity contribution in [3.63, 3.8) is 0 Å². The number of nitro benzene ring substituents is 1. The molecule has 0 N–H and O–H groups in total. The predicted octanol–water partition coefficient (Wildman–Crippen LogP) is 0.572. The highest BCUT2D eigenvalue weighted by atomic mass is 16.6. The lowest BCUT2D eigenvalue weighted by atomic mass is 9.91. The molecule has 1 aromatic carbocycles. The minimum Gasteiger partial charge on any atom is -0.282 e. The van der Waals surface area contributed by atoms with E-state index in [1.165, 1.54) is 6.07 Å². The Morgan fingerprint density at radius 2 is 1.76 bits per heavy atom. The molecule has 1 aromatic rings. The highest BCUT2D eigenvalue weighted by Crippen LogP contribution is 2.31. The summed E-state index contributed by atoms with van der Waals surface area (Å²) in [5.41, 5.74) is 0.819. The van der Waals surface area contributed by atoms with Gasteiger partial charge in [0, 0.05) is 38.0 Å². The predicted molar refractivity (Wildman–Crippen MR) is 78.1 cm³/mol. The molecule has 4 heterocycles. The molecular weight excluding hydrogens is 270 g/mol. The molecule has 0 aromatic heterocycles. The lowest BCUT2D eigenvalue weighted by molar-refractivity contribution is -0.384. The monoisotopic (exact) mass is 287 g/mol. The van der Waals surface area contributed by atoms with E-state index in [-0.39, 0.29) is 16.1 Å². The molecular formula is C14H17N5O2. The average Bonchev–Trinajstić information content (AvgIpc) is 2.44. The summed E-state index contributed by atoms with van der Waals surface area (Å²) in [5.74, 6) is 0. The number of hydrogen-bond acceptors (Lipinski definition) is 6. The van der Waals surface area contributed by atoms with Crippen molar-refractivity contribution in [3.8, 4) is 0 Å². The van der Waals surface area contributed by atoms with E-state index in [1.54, 1.807) is 18.3 Å². The van der Waals surface area contributed by atoms with Crippen LogP contribution in [-0.4, -0.2) is 71.0 Å². The first kappa shape index (κ1) is 12.9. The molecule has 5 rings (SSSR count). The topological polar surface area (TPSA) is 65.2 Å². The summed E-state index contributed by atoms with van der Waals surface area (Å²) in [7, 11) is 0. The second-order valence-corrected chi connectivity index (χ2v) is 6.25. The first-order valence-electron chi connectivity index (χ1n) is 7.09. The molecule has 0 amide bonds. The first-order valence-corrected chi connectivity index (χ1v) is 7.09. The second-order valence-electron chi connectivity index (χ2n) is 6.25. The van der Waals surface area contributed by atoms with Crippen LogP contribution in [-0.2, 0) is 0 Å². The van der Waals surface area contributed by atoms with E-state index in [1.807, 2.05) is 6.07 Å². The van der Waals surface area contributed by atoms with Crippen LogP contribution in [0.3, 0.4) is 0 Å². The van der Waals surface area contributed by atoms with Crippen molar-refractivity contribution in [3.05, 3.63) is 39.9 Å². The largest absolute Gasteiger partial charge is 0.282 e. The number of rotatable bonds is 3. The van der Waals surface area contributed by atoms with Crippen LogP contribution in [0.5, 0.6) is 0 Å². The van der Waals surface area contributed by atoms with Gasteiger partial charge in [0.05, 0.1) is 30.5 Å².